The van der Waals surface area contributed by atoms with Crippen LogP contribution in [0.2, 0.25) is 0 Å². The summed E-state index contributed by atoms with van der Waals surface area (Å²) in [6.07, 6.45) is 5.37. The molecule has 100 valence electrons. The van der Waals surface area contributed by atoms with E-state index in [0.717, 1.165) is 23.7 Å². The molecule has 1 saturated carbocycles. The van der Waals surface area contributed by atoms with Gasteiger partial charge in [0.2, 0.25) is 0 Å². The molecule has 1 aliphatic rings. The van der Waals surface area contributed by atoms with Crippen molar-refractivity contribution in [2.75, 3.05) is 7.11 Å². The van der Waals surface area contributed by atoms with Crippen LogP contribution in [0.25, 0.3) is 0 Å². The third kappa shape index (κ3) is 3.33. The van der Waals surface area contributed by atoms with Crippen molar-refractivity contribution in [2.24, 2.45) is 0 Å². The minimum Gasteiger partial charge on any atom is -0.496 e. The molecule has 0 radical (unpaired) electrons. The lowest BCUT2D eigenvalue weighted by molar-refractivity contribution is 0.407. The second-order valence-electron chi connectivity index (χ2n) is 4.90. The fourth-order valence-electron chi connectivity index (χ4n) is 2.14. The van der Waals surface area contributed by atoms with Crippen LogP contribution in [0.4, 0.5) is 0 Å². The van der Waals surface area contributed by atoms with Crippen molar-refractivity contribution in [1.29, 1.82) is 0 Å². The summed E-state index contributed by atoms with van der Waals surface area (Å²) < 4.78 is 5.44. The van der Waals surface area contributed by atoms with Gasteiger partial charge < -0.3 is 10.1 Å². The predicted molar refractivity (Wildman–Crippen MR) is 77.8 cm³/mol. The van der Waals surface area contributed by atoms with Crippen molar-refractivity contribution in [2.45, 2.75) is 31.8 Å². The molecule has 1 fully saturated rings. The zero-order valence-electron chi connectivity index (χ0n) is 11.1. The van der Waals surface area contributed by atoms with Crippen LogP contribution >= 0.6 is 11.3 Å². The van der Waals surface area contributed by atoms with Gasteiger partial charge in [0.15, 0.2) is 0 Å². The van der Waals surface area contributed by atoms with Crippen LogP contribution in [-0.4, -0.2) is 18.1 Å². The van der Waals surface area contributed by atoms with Crippen molar-refractivity contribution in [3.05, 3.63) is 45.9 Å². The van der Waals surface area contributed by atoms with E-state index in [0.29, 0.717) is 6.04 Å². The van der Waals surface area contributed by atoms with Crippen LogP contribution in [-0.2, 0) is 13.0 Å². The zero-order chi connectivity index (χ0) is 13.1. The van der Waals surface area contributed by atoms with E-state index in [1.807, 2.05) is 11.6 Å². The molecule has 3 nitrogen and oxygen atoms in total. The van der Waals surface area contributed by atoms with Gasteiger partial charge in [-0.2, -0.15) is 0 Å². The number of thiazole rings is 1. The van der Waals surface area contributed by atoms with Gasteiger partial charge in [-0.1, -0.05) is 12.1 Å². The summed E-state index contributed by atoms with van der Waals surface area (Å²) in [5, 5.41) is 6.72. The Morgan fingerprint density at radius 2 is 2.32 bits per heavy atom. The number of rotatable bonds is 6. The summed E-state index contributed by atoms with van der Waals surface area (Å²) in [5.41, 5.74) is 2.53. The highest BCUT2D eigenvalue weighted by Crippen LogP contribution is 2.24. The SMILES string of the molecule is COc1ccc(Cc2nccs2)cc1CNC1CC1. The molecule has 1 N–H and O–H groups in total. The van der Waals surface area contributed by atoms with E-state index >= 15 is 0 Å². The number of benzene rings is 1. The molecule has 1 aromatic heterocycles. The standard InChI is InChI=1S/C15H18N2OS/c1-18-14-5-2-11(9-15-16-6-7-19-15)8-12(14)10-17-13-3-4-13/h2,5-8,13,17H,3-4,9-10H2,1H3. The minimum absolute atomic E-state index is 0.715. The molecule has 19 heavy (non-hydrogen) atoms. The van der Waals surface area contributed by atoms with Crippen molar-refractivity contribution >= 4 is 11.3 Å². The second-order valence-corrected chi connectivity index (χ2v) is 5.88. The Morgan fingerprint density at radius 1 is 1.42 bits per heavy atom. The number of nitrogens with zero attached hydrogens (tertiary/aromatic N) is 1. The quantitative estimate of drug-likeness (QED) is 0.879. The molecular weight excluding hydrogens is 256 g/mol. The molecular formula is C15H18N2OS. The van der Waals surface area contributed by atoms with Crippen LogP contribution in [0.15, 0.2) is 29.8 Å². The Kier molecular flexibility index (Phi) is 3.80. The normalized spacial score (nSPS) is 14.6. The minimum atomic E-state index is 0.715. The van der Waals surface area contributed by atoms with E-state index in [1.165, 1.54) is 24.0 Å². The summed E-state index contributed by atoms with van der Waals surface area (Å²) in [7, 11) is 1.73. The van der Waals surface area contributed by atoms with E-state index < -0.39 is 0 Å². The van der Waals surface area contributed by atoms with Gasteiger partial charge in [0.25, 0.3) is 0 Å². The second kappa shape index (κ2) is 5.72. The van der Waals surface area contributed by atoms with Crippen molar-refractivity contribution in [3.63, 3.8) is 0 Å². The molecule has 3 rings (SSSR count). The van der Waals surface area contributed by atoms with Gasteiger partial charge in [0.1, 0.15) is 5.75 Å². The van der Waals surface area contributed by atoms with Gasteiger partial charge in [0.05, 0.1) is 12.1 Å². The average molecular weight is 274 g/mol. The van der Waals surface area contributed by atoms with E-state index in [2.05, 4.69) is 28.5 Å². The molecule has 0 saturated heterocycles. The molecule has 0 atom stereocenters. The Bertz CT molecular complexity index is 535. The van der Waals surface area contributed by atoms with Gasteiger partial charge in [0, 0.05) is 36.1 Å². The van der Waals surface area contributed by atoms with Gasteiger partial charge in [-0.15, -0.1) is 11.3 Å². The molecule has 0 unspecified atom stereocenters. The zero-order valence-corrected chi connectivity index (χ0v) is 11.9. The first-order chi connectivity index (χ1) is 9.35. The molecule has 0 spiro atoms. The molecule has 2 aromatic rings. The third-order valence-corrected chi connectivity index (χ3v) is 4.12. The summed E-state index contributed by atoms with van der Waals surface area (Å²) in [6.45, 7) is 0.888. The number of ether oxygens (including phenoxy) is 1. The van der Waals surface area contributed by atoms with Crippen LogP contribution in [0.1, 0.15) is 29.0 Å². The largest absolute Gasteiger partial charge is 0.496 e. The van der Waals surface area contributed by atoms with E-state index in [-0.39, 0.29) is 0 Å². The molecule has 1 heterocycles. The topological polar surface area (TPSA) is 34.1 Å². The van der Waals surface area contributed by atoms with E-state index in [9.17, 15) is 0 Å². The van der Waals surface area contributed by atoms with Crippen LogP contribution < -0.4 is 10.1 Å². The molecule has 0 bridgehead atoms. The fourth-order valence-corrected chi connectivity index (χ4v) is 2.79. The Balaban J connectivity index is 1.74. The number of hydrogen-bond acceptors (Lipinski definition) is 4. The maximum atomic E-state index is 5.44. The van der Waals surface area contributed by atoms with E-state index in [4.69, 9.17) is 4.74 Å². The number of methoxy groups -OCH3 is 1. The van der Waals surface area contributed by atoms with Crippen molar-refractivity contribution < 1.29 is 4.74 Å². The molecule has 0 amide bonds. The van der Waals surface area contributed by atoms with Gasteiger partial charge in [-0.25, -0.2) is 4.98 Å². The summed E-state index contributed by atoms with van der Waals surface area (Å²) >= 11 is 1.70. The van der Waals surface area contributed by atoms with Crippen LogP contribution in [0.5, 0.6) is 5.75 Å². The highest BCUT2D eigenvalue weighted by atomic mass is 32.1. The molecule has 1 aromatic carbocycles. The summed E-state index contributed by atoms with van der Waals surface area (Å²) in [4.78, 5) is 4.34. The highest BCUT2D eigenvalue weighted by Gasteiger charge is 2.20. The van der Waals surface area contributed by atoms with Gasteiger partial charge in [-0.05, 0) is 24.5 Å². The van der Waals surface area contributed by atoms with Gasteiger partial charge in [-0.3, -0.25) is 0 Å². The van der Waals surface area contributed by atoms with Crippen molar-refractivity contribution in [1.82, 2.24) is 10.3 Å². The number of hydrogen-bond donors (Lipinski definition) is 1. The smallest absolute Gasteiger partial charge is 0.123 e. The first-order valence-corrected chi connectivity index (χ1v) is 7.50. The van der Waals surface area contributed by atoms with E-state index in [1.54, 1.807) is 18.4 Å². The predicted octanol–water partition coefficient (Wildman–Crippen LogP) is 2.99. The summed E-state index contributed by atoms with van der Waals surface area (Å²) in [6, 6.07) is 7.14. The Morgan fingerprint density at radius 3 is 3.00 bits per heavy atom. The lowest BCUT2D eigenvalue weighted by Crippen LogP contribution is -2.16. The third-order valence-electron chi connectivity index (χ3n) is 3.34. The van der Waals surface area contributed by atoms with Crippen LogP contribution in [0.3, 0.4) is 0 Å². The van der Waals surface area contributed by atoms with Crippen molar-refractivity contribution in [3.8, 4) is 5.75 Å². The summed E-state index contributed by atoms with van der Waals surface area (Å²) in [5.74, 6) is 0.969. The van der Waals surface area contributed by atoms with Crippen LogP contribution in [0, 0.1) is 0 Å². The Hall–Kier alpha value is -1.39. The maximum Gasteiger partial charge on any atom is 0.123 e. The monoisotopic (exact) mass is 274 g/mol. The lowest BCUT2D eigenvalue weighted by Gasteiger charge is -2.11. The average Bonchev–Trinajstić information content (AvgIpc) is 3.13. The first kappa shape index (κ1) is 12.6. The molecule has 4 heteroatoms. The molecule has 0 aliphatic heterocycles. The molecule has 1 aliphatic carbocycles. The first-order valence-electron chi connectivity index (χ1n) is 6.62. The van der Waals surface area contributed by atoms with Gasteiger partial charge >= 0.3 is 0 Å². The number of nitrogens with one attached hydrogen (secondary N) is 1. The highest BCUT2D eigenvalue weighted by molar-refractivity contribution is 7.09. The number of aromatic nitrogens is 1. The fraction of sp³-hybridized carbons (Fsp3) is 0.400. The lowest BCUT2D eigenvalue weighted by atomic mass is 10.1. The Labute approximate surface area is 117 Å². The maximum absolute atomic E-state index is 5.44.